The van der Waals surface area contributed by atoms with E-state index in [2.05, 4.69) is 209 Å². The third kappa shape index (κ3) is 5.59. The van der Waals surface area contributed by atoms with Crippen molar-refractivity contribution in [3.8, 4) is 56.7 Å². The number of nitrogens with zero attached hydrogens (tertiary/aromatic N) is 5. The molecule has 0 aliphatic carbocycles. The third-order valence-electron chi connectivity index (χ3n) is 11.8. The van der Waals surface area contributed by atoms with Crippen LogP contribution in [0.2, 0.25) is 0 Å². The summed E-state index contributed by atoms with van der Waals surface area (Å²) in [6.45, 7) is 0. The van der Waals surface area contributed by atoms with Gasteiger partial charge < -0.3 is 4.57 Å². The van der Waals surface area contributed by atoms with Crippen LogP contribution >= 0.6 is 0 Å². The van der Waals surface area contributed by atoms with Crippen molar-refractivity contribution in [2.45, 2.75) is 0 Å². The van der Waals surface area contributed by atoms with Crippen LogP contribution in [0.15, 0.2) is 212 Å². The molecule has 12 rings (SSSR count). The van der Waals surface area contributed by atoms with E-state index >= 15 is 0 Å². The van der Waals surface area contributed by atoms with Crippen LogP contribution in [0.25, 0.3) is 111 Å². The predicted octanol–water partition coefficient (Wildman–Crippen LogP) is 13.9. The lowest BCUT2D eigenvalue weighted by Gasteiger charge is -2.13. The van der Waals surface area contributed by atoms with Crippen LogP contribution in [0, 0.1) is 0 Å². The number of rotatable bonds is 6. The zero-order valence-electron chi connectivity index (χ0n) is 32.4. The van der Waals surface area contributed by atoms with Crippen LogP contribution in [0.5, 0.6) is 0 Å². The third-order valence-corrected chi connectivity index (χ3v) is 11.8. The molecular formula is C55H35N5. The number of hydrogen-bond donors (Lipinski definition) is 0. The molecular weight excluding hydrogens is 731 g/mol. The van der Waals surface area contributed by atoms with E-state index in [-0.39, 0.29) is 0 Å². The van der Waals surface area contributed by atoms with Gasteiger partial charge >= 0.3 is 0 Å². The lowest BCUT2D eigenvalue weighted by Crippen LogP contribution is -2.07. The van der Waals surface area contributed by atoms with E-state index in [9.17, 15) is 0 Å². The fraction of sp³-hybridized carbons (Fsp3) is 0. The van der Waals surface area contributed by atoms with Gasteiger partial charge in [0.1, 0.15) is 0 Å². The minimum absolute atomic E-state index is 0.557. The summed E-state index contributed by atoms with van der Waals surface area (Å²) in [5.74, 6) is 1.77. The fourth-order valence-electron chi connectivity index (χ4n) is 8.88. The molecule has 0 atom stereocenters. The molecule has 0 fully saturated rings. The van der Waals surface area contributed by atoms with E-state index < -0.39 is 0 Å². The van der Waals surface area contributed by atoms with Crippen LogP contribution in [0.3, 0.4) is 0 Å². The van der Waals surface area contributed by atoms with Gasteiger partial charge in [0.05, 0.1) is 22.1 Å². The maximum atomic E-state index is 5.38. The molecule has 0 aliphatic rings. The highest BCUT2D eigenvalue weighted by Crippen LogP contribution is 2.39. The van der Waals surface area contributed by atoms with Crippen molar-refractivity contribution in [2.24, 2.45) is 0 Å². The molecule has 9 aromatic carbocycles. The number of hydrogen-bond acceptors (Lipinski definition) is 3. The van der Waals surface area contributed by atoms with Crippen molar-refractivity contribution < 1.29 is 0 Å². The summed E-state index contributed by atoms with van der Waals surface area (Å²) in [6.07, 6.45) is 0. The Morgan fingerprint density at radius 1 is 0.267 bits per heavy atom. The Hall–Kier alpha value is -8.15. The Balaban J connectivity index is 1.13. The molecule has 0 saturated carbocycles. The molecule has 5 nitrogen and oxygen atoms in total. The summed E-state index contributed by atoms with van der Waals surface area (Å²) in [6, 6.07) is 75.2. The molecule has 0 bridgehead atoms. The quantitative estimate of drug-likeness (QED) is 0.169. The van der Waals surface area contributed by atoms with Crippen molar-refractivity contribution >= 4 is 54.4 Å². The second kappa shape index (κ2) is 13.8. The normalized spacial score (nSPS) is 11.7. The smallest absolute Gasteiger partial charge is 0.238 e. The van der Waals surface area contributed by atoms with Crippen LogP contribution in [0.1, 0.15) is 0 Å². The van der Waals surface area contributed by atoms with Gasteiger partial charge in [0, 0.05) is 38.4 Å². The number of para-hydroxylation sites is 2. The molecule has 0 aliphatic heterocycles. The second-order valence-electron chi connectivity index (χ2n) is 15.3. The topological polar surface area (TPSA) is 48.5 Å². The van der Waals surface area contributed by atoms with Crippen LogP contribution < -0.4 is 0 Å². The zero-order chi connectivity index (χ0) is 39.6. The van der Waals surface area contributed by atoms with Crippen molar-refractivity contribution in [1.82, 2.24) is 24.1 Å². The first-order chi connectivity index (χ1) is 29.7. The van der Waals surface area contributed by atoms with Crippen LogP contribution in [0.4, 0.5) is 0 Å². The molecule has 280 valence electrons. The Morgan fingerprint density at radius 3 is 1.47 bits per heavy atom. The highest BCUT2D eigenvalue weighted by Gasteiger charge is 2.21. The summed E-state index contributed by atoms with van der Waals surface area (Å²) in [5, 5.41) is 7.05. The predicted molar refractivity (Wildman–Crippen MR) is 248 cm³/mol. The van der Waals surface area contributed by atoms with Crippen molar-refractivity contribution in [3.05, 3.63) is 212 Å². The van der Waals surface area contributed by atoms with Gasteiger partial charge in [-0.15, -0.1) is 0 Å². The Bertz CT molecular complexity index is 3530. The monoisotopic (exact) mass is 765 g/mol. The molecule has 60 heavy (non-hydrogen) atoms. The number of aromatic nitrogens is 5. The maximum absolute atomic E-state index is 5.38. The summed E-state index contributed by atoms with van der Waals surface area (Å²) < 4.78 is 4.61. The van der Waals surface area contributed by atoms with Crippen molar-refractivity contribution in [2.75, 3.05) is 0 Å². The molecule has 3 aromatic heterocycles. The van der Waals surface area contributed by atoms with Crippen LogP contribution in [-0.2, 0) is 0 Å². The summed E-state index contributed by atoms with van der Waals surface area (Å²) >= 11 is 0. The highest BCUT2D eigenvalue weighted by atomic mass is 15.2. The molecule has 0 N–H and O–H groups in total. The minimum Gasteiger partial charge on any atom is -0.309 e. The van der Waals surface area contributed by atoms with Gasteiger partial charge in [-0.2, -0.15) is 9.97 Å². The molecule has 3 heterocycles. The molecule has 0 amide bonds. The second-order valence-corrected chi connectivity index (χ2v) is 15.3. The lowest BCUT2D eigenvalue weighted by molar-refractivity contribution is 0.953. The van der Waals surface area contributed by atoms with E-state index in [1.807, 2.05) is 12.1 Å². The molecule has 0 radical (unpaired) electrons. The maximum Gasteiger partial charge on any atom is 0.238 e. The van der Waals surface area contributed by atoms with E-state index in [1.165, 1.54) is 16.2 Å². The highest BCUT2D eigenvalue weighted by molar-refractivity contribution is 6.14. The van der Waals surface area contributed by atoms with Crippen molar-refractivity contribution in [1.29, 1.82) is 0 Å². The number of benzene rings is 9. The largest absolute Gasteiger partial charge is 0.309 e. The zero-order valence-corrected chi connectivity index (χ0v) is 32.4. The van der Waals surface area contributed by atoms with Gasteiger partial charge in [0.2, 0.25) is 5.95 Å². The Labute approximate surface area is 346 Å². The first-order valence-corrected chi connectivity index (χ1v) is 20.3. The molecule has 5 heteroatoms. The van der Waals surface area contributed by atoms with E-state index in [0.29, 0.717) is 17.6 Å². The van der Waals surface area contributed by atoms with E-state index in [4.69, 9.17) is 15.0 Å². The number of fused-ring (bicyclic) bond motifs is 7. The summed E-state index contributed by atoms with van der Waals surface area (Å²) in [5.41, 5.74) is 11.8. The van der Waals surface area contributed by atoms with Gasteiger partial charge in [-0.25, -0.2) is 4.98 Å². The molecule has 12 aromatic rings. The first-order valence-electron chi connectivity index (χ1n) is 20.3. The standard InChI is InChI=1S/C55H35N5/c1-3-14-36(15-4-1)38-26-28-39(29-27-38)53-56-54(43-21-13-20-40(32-43)37-16-5-2-6-17-37)58-55(57-53)60-51-34-42-19-8-7-18-41(42)33-48(51)47-31-30-44(35-52(47)60)59-49-24-11-9-22-45(49)46-23-10-12-25-50(46)59/h1-35H. The first kappa shape index (κ1) is 33.9. The van der Waals surface area contributed by atoms with Crippen molar-refractivity contribution in [3.63, 3.8) is 0 Å². The van der Waals surface area contributed by atoms with Crippen LogP contribution in [-0.4, -0.2) is 24.1 Å². The Kier molecular flexibility index (Phi) is 7.78. The SMILES string of the molecule is c1ccc(-c2ccc(-c3nc(-c4cccc(-c5ccccc5)c4)nc(-n4c5cc(-n6c7ccccc7c7ccccc76)ccc5c5cc6ccccc6cc54)n3)cc2)cc1. The van der Waals surface area contributed by atoms with Gasteiger partial charge in [0.25, 0.3) is 0 Å². The fourth-order valence-corrected chi connectivity index (χ4v) is 8.88. The average Bonchev–Trinajstić information content (AvgIpc) is 3.83. The van der Waals surface area contributed by atoms with E-state index in [0.717, 1.165) is 77.3 Å². The average molecular weight is 766 g/mol. The Morgan fingerprint density at radius 2 is 0.767 bits per heavy atom. The van der Waals surface area contributed by atoms with Gasteiger partial charge in [0.15, 0.2) is 11.6 Å². The molecule has 0 saturated heterocycles. The van der Waals surface area contributed by atoms with E-state index in [1.54, 1.807) is 0 Å². The lowest BCUT2D eigenvalue weighted by atomic mass is 10.0. The summed E-state index contributed by atoms with van der Waals surface area (Å²) in [4.78, 5) is 16.0. The molecule has 0 spiro atoms. The van der Waals surface area contributed by atoms with Gasteiger partial charge in [-0.3, -0.25) is 4.57 Å². The molecule has 0 unspecified atom stereocenters. The van der Waals surface area contributed by atoms with Gasteiger partial charge in [-0.05, 0) is 75.5 Å². The minimum atomic E-state index is 0.557. The van der Waals surface area contributed by atoms with Gasteiger partial charge in [-0.1, -0.05) is 170 Å². The summed E-state index contributed by atoms with van der Waals surface area (Å²) in [7, 11) is 0.